The van der Waals surface area contributed by atoms with Crippen LogP contribution in [0.15, 0.2) is 40.8 Å². The smallest absolute Gasteiger partial charge is 0.247 e. The summed E-state index contributed by atoms with van der Waals surface area (Å²) in [6.45, 7) is 6.75. The lowest BCUT2D eigenvalue weighted by Crippen LogP contribution is -2.47. The van der Waals surface area contributed by atoms with E-state index in [1.807, 2.05) is 6.92 Å². The first-order valence-corrected chi connectivity index (χ1v) is 14.1. The number of amides is 2. The summed E-state index contributed by atoms with van der Waals surface area (Å²) in [4.78, 5) is 32.7. The summed E-state index contributed by atoms with van der Waals surface area (Å²) in [6, 6.07) is 8.98. The molecule has 2 atom stereocenters. The van der Waals surface area contributed by atoms with Gasteiger partial charge in [0.15, 0.2) is 5.76 Å². The van der Waals surface area contributed by atoms with Gasteiger partial charge in [-0.05, 0) is 61.2 Å². The molecule has 13 heteroatoms. The minimum Gasteiger partial charge on any atom is -0.508 e. The normalized spacial score (nSPS) is 18.3. The van der Waals surface area contributed by atoms with E-state index in [2.05, 4.69) is 25.6 Å². The highest BCUT2D eigenvalue weighted by molar-refractivity contribution is 5.88. The van der Waals surface area contributed by atoms with E-state index in [4.69, 9.17) is 13.9 Å². The third-order valence-electron chi connectivity index (χ3n) is 7.28. The van der Waals surface area contributed by atoms with E-state index >= 15 is 0 Å². The van der Waals surface area contributed by atoms with Crippen LogP contribution in [0.5, 0.6) is 5.75 Å². The third-order valence-corrected chi connectivity index (χ3v) is 7.28. The Morgan fingerprint density at radius 3 is 2.66 bits per heavy atom. The summed E-state index contributed by atoms with van der Waals surface area (Å²) in [6.07, 6.45) is 2.44. The topological polar surface area (TPSA) is 148 Å². The van der Waals surface area contributed by atoms with Crippen molar-refractivity contribution in [1.82, 2.24) is 35.3 Å². The fraction of sp³-hybridized carbons (Fsp3) is 0.536. The van der Waals surface area contributed by atoms with Gasteiger partial charge in [-0.1, -0.05) is 12.1 Å². The predicted molar refractivity (Wildman–Crippen MR) is 147 cm³/mol. The number of aromatic hydroxyl groups is 1. The van der Waals surface area contributed by atoms with Gasteiger partial charge in [0, 0.05) is 39.3 Å². The van der Waals surface area contributed by atoms with Crippen molar-refractivity contribution in [2.24, 2.45) is 0 Å². The lowest BCUT2D eigenvalue weighted by molar-refractivity contribution is -0.142. The number of aromatic nitrogens is 4. The second kappa shape index (κ2) is 13.7. The highest BCUT2D eigenvalue weighted by Gasteiger charge is 2.32. The fourth-order valence-electron chi connectivity index (χ4n) is 5.11. The standard InChI is InChI=1S/C28H37N7O6/c1-20-5-10-24(41-20)27-30-32-35(31-27)19-25(37)34(12-3-11-33-13-16-39-17-14-33)26(21-6-8-22(36)9-7-21)28(38)29-18-23-4-2-15-40-23/h5-10,23,26,36H,2-4,11-19H2,1H3,(H,29,38)/t23-,26-/m1/s1. The third kappa shape index (κ3) is 7.69. The van der Waals surface area contributed by atoms with E-state index in [0.717, 1.165) is 32.5 Å². The number of hydrogen-bond acceptors (Lipinski definition) is 10. The zero-order valence-electron chi connectivity index (χ0n) is 23.3. The van der Waals surface area contributed by atoms with Crippen LogP contribution in [0.2, 0.25) is 0 Å². The molecule has 0 saturated carbocycles. The first-order valence-electron chi connectivity index (χ1n) is 14.1. The first-order chi connectivity index (χ1) is 20.0. The number of hydrogen-bond donors (Lipinski definition) is 2. The summed E-state index contributed by atoms with van der Waals surface area (Å²) >= 11 is 0. The number of carbonyl (C=O) groups excluding carboxylic acids is 2. The van der Waals surface area contributed by atoms with Crippen molar-refractivity contribution in [3.63, 3.8) is 0 Å². The van der Waals surface area contributed by atoms with Gasteiger partial charge in [0.25, 0.3) is 0 Å². The molecular formula is C28H37N7O6. The van der Waals surface area contributed by atoms with Crippen LogP contribution in [0, 0.1) is 6.92 Å². The molecule has 4 heterocycles. The van der Waals surface area contributed by atoms with Crippen molar-refractivity contribution < 1.29 is 28.6 Å². The Bertz CT molecular complexity index is 1280. The van der Waals surface area contributed by atoms with E-state index in [1.54, 1.807) is 29.2 Å². The van der Waals surface area contributed by atoms with Crippen LogP contribution in [0.4, 0.5) is 0 Å². The Labute approximate surface area is 238 Å². The van der Waals surface area contributed by atoms with Gasteiger partial charge in [0.05, 0.1) is 19.3 Å². The van der Waals surface area contributed by atoms with Gasteiger partial charge in [-0.3, -0.25) is 14.5 Å². The van der Waals surface area contributed by atoms with Gasteiger partial charge in [0.1, 0.15) is 24.1 Å². The van der Waals surface area contributed by atoms with Crippen LogP contribution in [0.25, 0.3) is 11.6 Å². The molecule has 5 rings (SSSR count). The predicted octanol–water partition coefficient (Wildman–Crippen LogP) is 1.53. The van der Waals surface area contributed by atoms with Crippen LogP contribution in [0.1, 0.15) is 36.6 Å². The minimum absolute atomic E-state index is 0.0482. The van der Waals surface area contributed by atoms with Gasteiger partial charge in [0.2, 0.25) is 17.6 Å². The van der Waals surface area contributed by atoms with Gasteiger partial charge in [-0.25, -0.2) is 0 Å². The number of tetrazole rings is 1. The summed E-state index contributed by atoms with van der Waals surface area (Å²) in [5, 5.41) is 25.3. The molecule has 2 aliphatic rings. The second-order valence-electron chi connectivity index (χ2n) is 10.3. The van der Waals surface area contributed by atoms with Crippen molar-refractivity contribution in [3.8, 4) is 17.3 Å². The lowest BCUT2D eigenvalue weighted by Gasteiger charge is -2.33. The van der Waals surface area contributed by atoms with Crippen molar-refractivity contribution in [1.29, 1.82) is 0 Å². The molecule has 0 bridgehead atoms. The molecule has 0 unspecified atom stereocenters. The number of nitrogens with zero attached hydrogens (tertiary/aromatic N) is 6. The highest BCUT2D eigenvalue weighted by Crippen LogP contribution is 2.25. The number of nitrogens with one attached hydrogen (secondary N) is 1. The van der Waals surface area contributed by atoms with Gasteiger partial charge >= 0.3 is 0 Å². The first kappa shape index (κ1) is 28.7. The van der Waals surface area contributed by atoms with E-state index in [-0.39, 0.29) is 36.0 Å². The highest BCUT2D eigenvalue weighted by atomic mass is 16.5. The molecule has 1 aromatic carbocycles. The summed E-state index contributed by atoms with van der Waals surface area (Å²) < 4.78 is 16.7. The molecule has 0 radical (unpaired) electrons. The van der Waals surface area contributed by atoms with Crippen LogP contribution in [-0.2, 0) is 25.6 Å². The SMILES string of the molecule is Cc1ccc(-c2nnn(CC(=O)N(CCCN3CCOCC3)[C@@H](C(=O)NC[C@H]3CCCO3)c3ccc(O)cc3)n2)o1. The van der Waals surface area contributed by atoms with Crippen LogP contribution in [0.3, 0.4) is 0 Å². The second-order valence-corrected chi connectivity index (χ2v) is 10.3. The number of phenolic OH excluding ortho intramolecular Hbond substituents is 1. The van der Waals surface area contributed by atoms with Gasteiger partial charge in [-0.2, -0.15) is 4.80 Å². The monoisotopic (exact) mass is 567 g/mol. The molecule has 2 aliphatic heterocycles. The summed E-state index contributed by atoms with van der Waals surface area (Å²) in [5.41, 5.74) is 0.589. The number of aryl methyl sites for hydroxylation is 1. The maximum Gasteiger partial charge on any atom is 0.247 e. The Hall–Kier alpha value is -3.81. The lowest BCUT2D eigenvalue weighted by atomic mass is 10.0. The Kier molecular flexibility index (Phi) is 9.59. The summed E-state index contributed by atoms with van der Waals surface area (Å²) in [5.74, 6) is 0.865. The van der Waals surface area contributed by atoms with Crippen molar-refractivity contribution >= 4 is 11.8 Å². The molecule has 0 aliphatic carbocycles. The van der Waals surface area contributed by atoms with Crippen LogP contribution < -0.4 is 5.32 Å². The van der Waals surface area contributed by atoms with Crippen molar-refractivity contribution in [2.45, 2.75) is 44.9 Å². The molecule has 0 spiro atoms. The number of morpholine rings is 1. The van der Waals surface area contributed by atoms with E-state index in [0.29, 0.717) is 56.4 Å². The Morgan fingerprint density at radius 2 is 1.95 bits per heavy atom. The quantitative estimate of drug-likeness (QED) is 0.330. The van der Waals surface area contributed by atoms with E-state index in [9.17, 15) is 14.7 Å². The molecule has 2 saturated heterocycles. The average molecular weight is 568 g/mol. The minimum atomic E-state index is -0.926. The number of benzene rings is 1. The molecule has 220 valence electrons. The molecule has 41 heavy (non-hydrogen) atoms. The largest absolute Gasteiger partial charge is 0.508 e. The number of phenols is 1. The molecule has 2 N–H and O–H groups in total. The van der Waals surface area contributed by atoms with Crippen molar-refractivity contribution in [2.75, 3.05) is 52.5 Å². The number of ether oxygens (including phenoxy) is 2. The Balaban J connectivity index is 1.36. The zero-order valence-corrected chi connectivity index (χ0v) is 23.3. The number of rotatable bonds is 12. The van der Waals surface area contributed by atoms with Crippen LogP contribution >= 0.6 is 0 Å². The van der Waals surface area contributed by atoms with Gasteiger partial charge < -0.3 is 29.2 Å². The zero-order chi connectivity index (χ0) is 28.6. The molecule has 2 fully saturated rings. The van der Waals surface area contributed by atoms with Gasteiger partial charge in [-0.15, -0.1) is 10.2 Å². The maximum absolute atomic E-state index is 13.9. The van der Waals surface area contributed by atoms with E-state index in [1.165, 1.54) is 16.9 Å². The number of carbonyl (C=O) groups is 2. The average Bonchev–Trinajstić information content (AvgIpc) is 3.75. The molecule has 2 aromatic heterocycles. The number of furan rings is 1. The summed E-state index contributed by atoms with van der Waals surface area (Å²) in [7, 11) is 0. The molecular weight excluding hydrogens is 530 g/mol. The molecule has 2 amide bonds. The fourth-order valence-corrected chi connectivity index (χ4v) is 5.11. The maximum atomic E-state index is 13.9. The Morgan fingerprint density at radius 1 is 1.15 bits per heavy atom. The molecule has 3 aromatic rings. The van der Waals surface area contributed by atoms with Crippen molar-refractivity contribution in [3.05, 3.63) is 47.7 Å². The van der Waals surface area contributed by atoms with E-state index < -0.39 is 6.04 Å². The molecule has 13 nitrogen and oxygen atoms in total. The van der Waals surface area contributed by atoms with Crippen LogP contribution in [-0.4, -0.2) is 106 Å².